The Bertz CT molecular complexity index is 689. The maximum absolute atomic E-state index is 5.55. The average Bonchev–Trinajstić information content (AvgIpc) is 3.24. The molecule has 138 valence electrons. The fourth-order valence-corrected chi connectivity index (χ4v) is 3.13. The third-order valence-electron chi connectivity index (χ3n) is 4.37. The zero-order chi connectivity index (χ0) is 16.8. The lowest BCUT2D eigenvalue weighted by Gasteiger charge is -2.21. The summed E-state index contributed by atoms with van der Waals surface area (Å²) in [4.78, 5) is 6.72. The number of fused-ring (bicyclic) bond motifs is 1. The van der Waals surface area contributed by atoms with Gasteiger partial charge in [-0.1, -0.05) is 6.07 Å². The molecule has 1 unspecified atom stereocenters. The number of aromatic nitrogens is 3. The second kappa shape index (κ2) is 9.91. The van der Waals surface area contributed by atoms with E-state index < -0.39 is 0 Å². The van der Waals surface area contributed by atoms with Crippen molar-refractivity contribution in [3.63, 3.8) is 0 Å². The normalized spacial score (nSPS) is 17.8. The molecule has 0 radical (unpaired) electrons. The summed E-state index contributed by atoms with van der Waals surface area (Å²) in [6.07, 6.45) is 3.97. The number of hydrogen-bond donors (Lipinski definition) is 1. The van der Waals surface area contributed by atoms with Gasteiger partial charge in [0.25, 0.3) is 0 Å². The highest BCUT2D eigenvalue weighted by Crippen LogP contribution is 2.16. The molecule has 1 saturated heterocycles. The van der Waals surface area contributed by atoms with E-state index in [1.54, 1.807) is 0 Å². The maximum Gasteiger partial charge on any atom is 0.193 e. The van der Waals surface area contributed by atoms with Gasteiger partial charge < -0.3 is 15.0 Å². The highest BCUT2D eigenvalue weighted by Gasteiger charge is 2.24. The zero-order valence-electron chi connectivity index (χ0n) is 14.9. The molecule has 1 aliphatic heterocycles. The molecule has 0 aromatic carbocycles. The molecule has 25 heavy (non-hydrogen) atoms. The molecule has 1 fully saturated rings. The number of halogens is 1. The van der Waals surface area contributed by atoms with E-state index in [0.717, 1.165) is 63.1 Å². The van der Waals surface area contributed by atoms with Crippen LogP contribution in [-0.4, -0.2) is 65.4 Å². The fraction of sp³-hybridized carbons (Fsp3) is 0.588. The van der Waals surface area contributed by atoms with Gasteiger partial charge in [-0.2, -0.15) is 0 Å². The van der Waals surface area contributed by atoms with Crippen LogP contribution in [0.2, 0.25) is 0 Å². The van der Waals surface area contributed by atoms with Crippen molar-refractivity contribution in [2.24, 2.45) is 10.9 Å². The summed E-state index contributed by atoms with van der Waals surface area (Å²) in [5.41, 5.74) is 0.884. The molecule has 1 atom stereocenters. The predicted octanol–water partition coefficient (Wildman–Crippen LogP) is 1.82. The van der Waals surface area contributed by atoms with Gasteiger partial charge in [-0.15, -0.1) is 34.2 Å². The third kappa shape index (κ3) is 5.04. The molecule has 1 aliphatic rings. The number of nitrogens with one attached hydrogen (secondary N) is 1. The highest BCUT2D eigenvalue weighted by atomic mass is 127. The molecule has 0 spiro atoms. The summed E-state index contributed by atoms with van der Waals surface area (Å²) in [5, 5.41) is 11.9. The van der Waals surface area contributed by atoms with Gasteiger partial charge in [0, 0.05) is 51.8 Å². The topological polar surface area (TPSA) is 67.0 Å². The van der Waals surface area contributed by atoms with Crippen molar-refractivity contribution in [1.82, 2.24) is 24.8 Å². The number of hydrogen-bond acceptors (Lipinski definition) is 4. The first kappa shape index (κ1) is 19.9. The van der Waals surface area contributed by atoms with Crippen molar-refractivity contribution in [1.29, 1.82) is 0 Å². The molecule has 1 N–H and O–H groups in total. The van der Waals surface area contributed by atoms with E-state index in [-0.39, 0.29) is 24.0 Å². The lowest BCUT2D eigenvalue weighted by molar-refractivity contribution is 0.114. The first-order chi connectivity index (χ1) is 11.8. The monoisotopic (exact) mass is 458 g/mol. The smallest absolute Gasteiger partial charge is 0.193 e. The molecule has 0 amide bonds. The van der Waals surface area contributed by atoms with Gasteiger partial charge in [-0.25, -0.2) is 0 Å². The van der Waals surface area contributed by atoms with Gasteiger partial charge in [0.15, 0.2) is 11.6 Å². The Hall–Kier alpha value is -1.42. The second-order valence-corrected chi connectivity index (χ2v) is 6.03. The highest BCUT2D eigenvalue weighted by molar-refractivity contribution is 14.0. The van der Waals surface area contributed by atoms with E-state index in [1.807, 2.05) is 42.8 Å². The van der Waals surface area contributed by atoms with Crippen LogP contribution in [0.25, 0.3) is 5.65 Å². The molecule has 2 aromatic heterocycles. The van der Waals surface area contributed by atoms with Gasteiger partial charge >= 0.3 is 0 Å². The Kier molecular flexibility index (Phi) is 7.89. The predicted molar refractivity (Wildman–Crippen MR) is 110 cm³/mol. The second-order valence-electron chi connectivity index (χ2n) is 6.03. The Morgan fingerprint density at radius 1 is 1.40 bits per heavy atom. The minimum atomic E-state index is 0. The number of aliphatic imine (C=N–C) groups is 1. The van der Waals surface area contributed by atoms with Crippen LogP contribution in [0.5, 0.6) is 0 Å². The lowest BCUT2D eigenvalue weighted by atomic mass is 10.1. The summed E-state index contributed by atoms with van der Waals surface area (Å²) < 4.78 is 7.57. The summed E-state index contributed by atoms with van der Waals surface area (Å²) in [6, 6.07) is 5.93. The number of likely N-dealkylation sites (tertiary alicyclic amines) is 1. The molecule has 7 nitrogen and oxygen atoms in total. The van der Waals surface area contributed by atoms with Crippen LogP contribution in [0.4, 0.5) is 0 Å². The Labute approximate surface area is 165 Å². The number of rotatable bonds is 6. The van der Waals surface area contributed by atoms with E-state index in [9.17, 15) is 0 Å². The Morgan fingerprint density at radius 2 is 2.28 bits per heavy atom. The fourth-order valence-electron chi connectivity index (χ4n) is 3.13. The average molecular weight is 458 g/mol. The molecule has 3 rings (SSSR count). The summed E-state index contributed by atoms with van der Waals surface area (Å²) in [6.45, 7) is 6.50. The van der Waals surface area contributed by atoms with Crippen LogP contribution in [0.1, 0.15) is 19.2 Å². The van der Waals surface area contributed by atoms with Gasteiger partial charge in [-0.3, -0.25) is 9.39 Å². The van der Waals surface area contributed by atoms with Gasteiger partial charge in [0.05, 0.1) is 6.61 Å². The standard InChI is InChI=1S/C17H26N6O.HI/c1-3-24-13-14-8-11-22(12-14)17(18-2)19-9-7-16-21-20-15-6-4-5-10-23(15)16;/h4-6,10,14H,3,7-9,11-13H2,1-2H3,(H,18,19);1H. The molecule has 8 heteroatoms. The summed E-state index contributed by atoms with van der Waals surface area (Å²) >= 11 is 0. The van der Waals surface area contributed by atoms with E-state index in [1.165, 1.54) is 0 Å². The van der Waals surface area contributed by atoms with E-state index >= 15 is 0 Å². The molecule has 0 aliphatic carbocycles. The van der Waals surface area contributed by atoms with Crippen molar-refractivity contribution >= 4 is 35.6 Å². The number of ether oxygens (including phenoxy) is 1. The van der Waals surface area contributed by atoms with Crippen molar-refractivity contribution < 1.29 is 4.74 Å². The first-order valence-electron chi connectivity index (χ1n) is 8.63. The molecule has 0 saturated carbocycles. The van der Waals surface area contributed by atoms with Crippen LogP contribution < -0.4 is 5.32 Å². The Balaban J connectivity index is 0.00000225. The number of nitrogens with zero attached hydrogens (tertiary/aromatic N) is 5. The third-order valence-corrected chi connectivity index (χ3v) is 4.37. The van der Waals surface area contributed by atoms with Gasteiger partial charge in [-0.05, 0) is 25.5 Å². The minimum Gasteiger partial charge on any atom is -0.381 e. The van der Waals surface area contributed by atoms with E-state index in [0.29, 0.717) is 5.92 Å². The zero-order valence-corrected chi connectivity index (χ0v) is 17.2. The maximum atomic E-state index is 5.55. The largest absolute Gasteiger partial charge is 0.381 e. The van der Waals surface area contributed by atoms with Crippen LogP contribution in [0.3, 0.4) is 0 Å². The first-order valence-corrected chi connectivity index (χ1v) is 8.63. The molecular formula is C17H27IN6O. The number of pyridine rings is 1. The molecule has 3 heterocycles. The van der Waals surface area contributed by atoms with Crippen molar-refractivity contribution in [3.8, 4) is 0 Å². The quantitative estimate of drug-likeness (QED) is 0.407. The summed E-state index contributed by atoms with van der Waals surface area (Å²) in [5.74, 6) is 2.52. The SMILES string of the molecule is CCOCC1CCN(C(=NC)NCCc2nnc3ccccn23)C1.I. The van der Waals surface area contributed by atoms with Crippen molar-refractivity contribution in [2.75, 3.05) is 39.9 Å². The van der Waals surface area contributed by atoms with Crippen LogP contribution in [0.15, 0.2) is 29.4 Å². The van der Waals surface area contributed by atoms with Crippen LogP contribution in [-0.2, 0) is 11.2 Å². The van der Waals surface area contributed by atoms with E-state index in [4.69, 9.17) is 4.74 Å². The van der Waals surface area contributed by atoms with Gasteiger partial charge in [0.2, 0.25) is 0 Å². The van der Waals surface area contributed by atoms with Crippen LogP contribution in [0, 0.1) is 5.92 Å². The van der Waals surface area contributed by atoms with Crippen molar-refractivity contribution in [2.45, 2.75) is 19.8 Å². The summed E-state index contributed by atoms with van der Waals surface area (Å²) in [7, 11) is 1.84. The minimum absolute atomic E-state index is 0. The molecular weight excluding hydrogens is 431 g/mol. The van der Waals surface area contributed by atoms with Crippen LogP contribution >= 0.6 is 24.0 Å². The van der Waals surface area contributed by atoms with Gasteiger partial charge in [0.1, 0.15) is 5.82 Å². The van der Waals surface area contributed by atoms with Crippen molar-refractivity contribution in [3.05, 3.63) is 30.2 Å². The molecule has 0 bridgehead atoms. The Morgan fingerprint density at radius 3 is 3.08 bits per heavy atom. The number of guanidine groups is 1. The molecule has 2 aromatic rings. The lowest BCUT2D eigenvalue weighted by Crippen LogP contribution is -2.41. The van der Waals surface area contributed by atoms with E-state index in [2.05, 4.69) is 25.4 Å².